The van der Waals surface area contributed by atoms with Crippen molar-refractivity contribution >= 4 is 37.6 Å². The van der Waals surface area contributed by atoms with E-state index in [9.17, 15) is 0 Å². The molecule has 0 spiro atoms. The van der Waals surface area contributed by atoms with Crippen LogP contribution in [0.4, 0.5) is 11.4 Å². The third kappa shape index (κ3) is 9.26. The summed E-state index contributed by atoms with van der Waals surface area (Å²) >= 11 is 7.29. The molecule has 3 rings (SSSR count). The molecule has 0 amide bonds. The van der Waals surface area contributed by atoms with Crippen LogP contribution >= 0.6 is 15.9 Å². The van der Waals surface area contributed by atoms with Gasteiger partial charge < -0.3 is 24.8 Å². The van der Waals surface area contributed by atoms with Crippen LogP contribution < -0.4 is 24.8 Å². The minimum atomic E-state index is 0. The van der Waals surface area contributed by atoms with Crippen LogP contribution in [0.1, 0.15) is 36.1 Å². The van der Waals surface area contributed by atoms with Gasteiger partial charge >= 0.3 is 81.4 Å². The molecule has 0 atom stereocenters. The molecule has 3 nitrogen and oxygen atoms in total. The largest absolute Gasteiger partial charge is 1.00 e. The predicted octanol–water partition coefficient (Wildman–Crippen LogP) is 1.20. The van der Waals surface area contributed by atoms with Gasteiger partial charge in [0.05, 0.1) is 5.69 Å². The summed E-state index contributed by atoms with van der Waals surface area (Å²) in [4.78, 5) is 13.1. The second-order valence-electron chi connectivity index (χ2n) is 6.68. The number of aryl methyl sites for hydroxylation is 3. The molecule has 0 aliphatic rings. The summed E-state index contributed by atoms with van der Waals surface area (Å²) in [7, 11) is 0. The van der Waals surface area contributed by atoms with Crippen LogP contribution in [0.15, 0.2) is 75.4 Å². The Morgan fingerprint density at radius 2 is 1.35 bits per heavy atom. The third-order valence-corrected chi connectivity index (χ3v) is 5.01. The summed E-state index contributed by atoms with van der Waals surface area (Å²) in [6, 6.07) is 16.2. The number of benzene rings is 2. The predicted molar refractivity (Wildman–Crippen MR) is 124 cm³/mol. The van der Waals surface area contributed by atoms with Gasteiger partial charge in [0, 0.05) is 28.1 Å². The van der Waals surface area contributed by atoms with Gasteiger partial charge in [0.15, 0.2) is 0 Å². The molecule has 0 fully saturated rings. The van der Waals surface area contributed by atoms with E-state index in [0.717, 1.165) is 37.3 Å². The molecule has 7 heteroatoms. The number of nitrogens with zero attached hydrogens (tertiary/aromatic N) is 3. The van der Waals surface area contributed by atoms with Gasteiger partial charge in [-0.25, -0.2) is 0 Å². The summed E-state index contributed by atoms with van der Waals surface area (Å²) in [5.74, 6) is 0. The quantitative estimate of drug-likeness (QED) is 0.350. The Morgan fingerprint density at radius 3 is 1.84 bits per heavy atom. The molecular weight excluding hydrogens is 537 g/mol. The van der Waals surface area contributed by atoms with Crippen LogP contribution in [0.2, 0.25) is 0 Å². The molecule has 2 aromatic carbocycles. The molecule has 165 valence electrons. The first kappa shape index (κ1) is 29.5. The molecule has 0 aliphatic heterocycles. The van der Waals surface area contributed by atoms with Crippen molar-refractivity contribution < 1.29 is 40.8 Å². The maximum Gasteiger partial charge on any atom is -1.00 e. The molecular formula is C24H25BrCl2FeN3. The Kier molecular flexibility index (Phi) is 13.8. The van der Waals surface area contributed by atoms with E-state index >= 15 is 0 Å². The van der Waals surface area contributed by atoms with Gasteiger partial charge in [0.25, 0.3) is 0 Å². The molecule has 0 radical (unpaired) electrons. The molecule has 0 aliphatic carbocycles. The first-order valence-corrected chi connectivity index (χ1v) is 10.6. The Hall–Kier alpha value is -1.49. The van der Waals surface area contributed by atoms with E-state index in [-0.39, 0.29) is 24.8 Å². The van der Waals surface area contributed by atoms with Crippen LogP contribution in [0, 0.1) is 20.8 Å². The van der Waals surface area contributed by atoms with Crippen molar-refractivity contribution in [3.05, 3.63) is 87.7 Å². The topological polar surface area (TPSA) is 37.6 Å². The van der Waals surface area contributed by atoms with E-state index in [1.165, 1.54) is 11.1 Å². The Bertz CT molecular complexity index is 994. The van der Waals surface area contributed by atoms with Crippen molar-refractivity contribution in [2.45, 2.75) is 34.6 Å². The minimum Gasteiger partial charge on any atom is -1.00 e. The zero-order chi connectivity index (χ0) is 21.4. The molecule has 0 N–H and O–H groups in total. The fraction of sp³-hybridized carbons (Fsp3) is 0.208. The normalized spacial score (nSPS) is 10.9. The van der Waals surface area contributed by atoms with Crippen LogP contribution in [-0.4, -0.2) is 15.3 Å². The van der Waals surface area contributed by atoms with Gasteiger partial charge in [-0.2, -0.15) is 0 Å². The maximum absolute atomic E-state index is 4.66. The van der Waals surface area contributed by atoms with Gasteiger partial charge in [-0.1, -0.05) is 18.2 Å². The van der Waals surface area contributed by atoms with Crippen molar-refractivity contribution in [1.82, 2.24) is 4.98 Å². The van der Waals surface area contributed by atoms with E-state index in [1.54, 1.807) is 6.20 Å². The van der Waals surface area contributed by atoms with Crippen molar-refractivity contribution in [1.29, 1.82) is 0 Å². The summed E-state index contributed by atoms with van der Waals surface area (Å²) in [6.07, 6.45) is 3.59. The van der Waals surface area contributed by atoms with Gasteiger partial charge in [0.1, 0.15) is 0 Å². The second-order valence-corrected chi connectivity index (χ2v) is 8.33. The number of hydrogen-bond acceptors (Lipinski definition) is 3. The fourth-order valence-electron chi connectivity index (χ4n) is 2.71. The zero-order valence-electron chi connectivity index (χ0n) is 18.1. The number of halogens is 3. The molecule has 0 saturated carbocycles. The van der Waals surface area contributed by atoms with Gasteiger partial charge in [0.2, 0.25) is 0 Å². The molecule has 3 aromatic rings. The van der Waals surface area contributed by atoms with Crippen molar-refractivity contribution in [3.8, 4) is 0 Å². The summed E-state index contributed by atoms with van der Waals surface area (Å²) in [5, 5.41) is 0. The molecule has 1 heterocycles. The Balaban J connectivity index is 0.000000575. The minimum absolute atomic E-state index is 0. The van der Waals surface area contributed by atoms with Crippen LogP contribution in [-0.2, 0) is 16.0 Å². The average molecular weight is 562 g/mol. The third-order valence-electron chi connectivity index (χ3n) is 4.25. The van der Waals surface area contributed by atoms with Crippen LogP contribution in [0.3, 0.4) is 0 Å². The second kappa shape index (κ2) is 14.5. The fourth-order valence-corrected chi connectivity index (χ4v) is 3.38. The van der Waals surface area contributed by atoms with E-state index < -0.39 is 0 Å². The van der Waals surface area contributed by atoms with Crippen molar-refractivity contribution in [2.75, 3.05) is 0 Å². The average Bonchev–Trinajstić information content (AvgIpc) is 2.69. The SMILES string of the molecule is CC(=Nc1c(C)cccc1Br)c1cccnc1.C[C]([Fe+2])=Nc1c(C)cccc1C.[Cl-].[Cl-]. The Labute approximate surface area is 214 Å². The number of rotatable bonds is 3. The smallest absolute Gasteiger partial charge is 1.00 e. The molecule has 1 aromatic heterocycles. The standard InChI is InChI=1S/C14H13BrN2.C10H12N.2ClH.Fe/c1-10-5-3-7-13(15)14(10)17-11(2)12-6-4-8-16-9-12;1-4-11-10-8(2)6-5-7-9(10)3;;;/h3-9H,1-2H3;5-7H,1-3H3;2*1H;/q;;;;+2/p-2. The number of aliphatic imine (C=N–C) groups is 2. The summed E-state index contributed by atoms with van der Waals surface area (Å²) < 4.78 is 1.87. The van der Waals surface area contributed by atoms with Crippen LogP contribution in [0.5, 0.6) is 0 Å². The molecule has 0 bridgehead atoms. The van der Waals surface area contributed by atoms with Crippen molar-refractivity contribution in [3.63, 3.8) is 0 Å². The van der Waals surface area contributed by atoms with E-state index in [2.05, 4.69) is 85.9 Å². The summed E-state index contributed by atoms with van der Waals surface area (Å²) in [6.45, 7) is 10.1. The van der Waals surface area contributed by atoms with Crippen molar-refractivity contribution in [2.24, 2.45) is 9.98 Å². The first-order chi connectivity index (χ1) is 13.8. The Morgan fingerprint density at radius 1 is 0.806 bits per heavy atom. The molecule has 0 saturated heterocycles. The van der Waals surface area contributed by atoms with E-state index in [1.807, 2.05) is 50.4 Å². The molecule has 31 heavy (non-hydrogen) atoms. The van der Waals surface area contributed by atoms with Gasteiger partial charge in [-0.3, -0.25) is 9.98 Å². The van der Waals surface area contributed by atoms with Gasteiger partial charge in [-0.15, -0.1) is 0 Å². The monoisotopic (exact) mass is 560 g/mol. The first-order valence-electron chi connectivity index (χ1n) is 9.26. The van der Waals surface area contributed by atoms with Crippen LogP contribution in [0.25, 0.3) is 0 Å². The molecule has 0 unspecified atom stereocenters. The zero-order valence-corrected chi connectivity index (χ0v) is 22.3. The maximum atomic E-state index is 4.66. The van der Waals surface area contributed by atoms with Gasteiger partial charge in [-0.05, 0) is 47.5 Å². The number of para-hydroxylation sites is 2. The van der Waals surface area contributed by atoms with E-state index in [0.29, 0.717) is 0 Å². The summed E-state index contributed by atoms with van der Waals surface area (Å²) in [5.41, 5.74) is 7.62. The number of aromatic nitrogens is 1. The number of pyridine rings is 1. The number of hydrogen-bond donors (Lipinski definition) is 0. The van der Waals surface area contributed by atoms with E-state index in [4.69, 9.17) is 0 Å².